The first-order valence-corrected chi connectivity index (χ1v) is 11.6. The maximum absolute atomic E-state index is 14.5. The summed E-state index contributed by atoms with van der Waals surface area (Å²) in [5, 5.41) is 14.1. The highest BCUT2D eigenvalue weighted by atomic mass is 19.1. The summed E-state index contributed by atoms with van der Waals surface area (Å²) in [5.74, 6) is 1.33. The molecule has 0 radical (unpaired) electrons. The van der Waals surface area contributed by atoms with Crippen LogP contribution in [0.5, 0.6) is 11.8 Å². The fraction of sp³-hybridized carbons (Fsp3) is 0.417. The molecule has 5 N–H and O–H groups in total. The van der Waals surface area contributed by atoms with Crippen molar-refractivity contribution in [3.63, 3.8) is 0 Å². The van der Waals surface area contributed by atoms with Gasteiger partial charge in [0.05, 0.1) is 29.0 Å². The molecule has 1 aliphatic heterocycles. The summed E-state index contributed by atoms with van der Waals surface area (Å²) in [6.45, 7) is 5.40. The van der Waals surface area contributed by atoms with Crippen molar-refractivity contribution in [3.8, 4) is 11.8 Å². The average Bonchev–Trinajstić information content (AvgIpc) is 3.32. The van der Waals surface area contributed by atoms with E-state index in [9.17, 15) is 9.50 Å². The first-order chi connectivity index (χ1) is 16.8. The van der Waals surface area contributed by atoms with Crippen molar-refractivity contribution >= 4 is 33.4 Å². The van der Waals surface area contributed by atoms with Gasteiger partial charge in [-0.25, -0.2) is 14.4 Å². The Labute approximate surface area is 200 Å². The number of fused-ring (bicyclic) bond motifs is 4. The van der Waals surface area contributed by atoms with Gasteiger partial charge in [-0.05, 0) is 36.8 Å². The molecule has 0 amide bonds. The highest BCUT2D eigenvalue weighted by Gasteiger charge is 2.55. The minimum atomic E-state index is -0.783. The van der Waals surface area contributed by atoms with Crippen LogP contribution in [-0.2, 0) is 0 Å². The van der Waals surface area contributed by atoms with E-state index in [1.807, 2.05) is 0 Å². The Hall–Kier alpha value is -3.57. The fourth-order valence-electron chi connectivity index (χ4n) is 5.62. The Morgan fingerprint density at radius 3 is 2.74 bits per heavy atom. The van der Waals surface area contributed by atoms with Crippen molar-refractivity contribution in [1.29, 1.82) is 0 Å². The molecule has 11 heteroatoms. The molecule has 1 aliphatic carbocycles. The molecule has 4 heterocycles. The number of aromatic nitrogens is 5. The summed E-state index contributed by atoms with van der Waals surface area (Å²) < 4.78 is 20.4. The van der Waals surface area contributed by atoms with Gasteiger partial charge < -0.3 is 30.8 Å². The van der Waals surface area contributed by atoms with Crippen molar-refractivity contribution in [1.82, 2.24) is 24.9 Å². The van der Waals surface area contributed by atoms with Gasteiger partial charge in [0.15, 0.2) is 11.6 Å². The Kier molecular flexibility index (Phi) is 4.84. The Morgan fingerprint density at radius 1 is 1.31 bits per heavy atom. The summed E-state index contributed by atoms with van der Waals surface area (Å²) >= 11 is 0. The van der Waals surface area contributed by atoms with Gasteiger partial charge in [0.25, 0.3) is 0 Å². The van der Waals surface area contributed by atoms with E-state index in [0.717, 1.165) is 30.4 Å². The van der Waals surface area contributed by atoms with Crippen LogP contribution in [0.15, 0.2) is 24.5 Å². The molecular formula is C24H27FN8O2. The normalized spacial score (nSPS) is 24.5. The number of aliphatic hydroxyl groups excluding tert-OH is 1. The van der Waals surface area contributed by atoms with Gasteiger partial charge in [-0.2, -0.15) is 9.97 Å². The number of aromatic amines is 1. The van der Waals surface area contributed by atoms with Crippen LogP contribution in [0.3, 0.4) is 0 Å². The Balaban J connectivity index is 1.49. The molecule has 6 rings (SSSR count). The number of nitrogens with zero attached hydrogens (tertiary/aromatic N) is 5. The van der Waals surface area contributed by atoms with Gasteiger partial charge in [0, 0.05) is 31.6 Å². The predicted octanol–water partition coefficient (Wildman–Crippen LogP) is 3.10. The summed E-state index contributed by atoms with van der Waals surface area (Å²) in [4.78, 5) is 23.2. The van der Waals surface area contributed by atoms with Crippen molar-refractivity contribution in [2.24, 2.45) is 17.1 Å². The third-order valence-corrected chi connectivity index (χ3v) is 7.37. The molecule has 1 aromatic carbocycles. The lowest BCUT2D eigenvalue weighted by Gasteiger charge is -2.46. The third-order valence-electron chi connectivity index (χ3n) is 7.37. The van der Waals surface area contributed by atoms with Gasteiger partial charge in [-0.15, -0.1) is 0 Å². The predicted molar refractivity (Wildman–Crippen MR) is 130 cm³/mol. The molecular weight excluding hydrogens is 451 g/mol. The van der Waals surface area contributed by atoms with E-state index in [1.54, 1.807) is 14.0 Å². The van der Waals surface area contributed by atoms with Crippen LogP contribution in [0.2, 0.25) is 0 Å². The van der Waals surface area contributed by atoms with E-state index in [4.69, 9.17) is 15.5 Å². The molecule has 0 spiro atoms. The van der Waals surface area contributed by atoms with Crippen LogP contribution in [0.4, 0.5) is 15.9 Å². The lowest BCUT2D eigenvalue weighted by molar-refractivity contribution is 0.0771. The van der Waals surface area contributed by atoms with Crippen LogP contribution in [0.25, 0.3) is 21.9 Å². The highest BCUT2D eigenvalue weighted by molar-refractivity contribution is 6.14. The number of hydrogen-bond donors (Lipinski definition) is 4. The zero-order chi connectivity index (χ0) is 24.5. The molecule has 4 atom stereocenters. The maximum Gasteiger partial charge on any atom is 0.326 e. The second kappa shape index (κ2) is 7.72. The van der Waals surface area contributed by atoms with E-state index in [-0.39, 0.29) is 23.3 Å². The molecule has 3 aromatic heterocycles. The lowest BCUT2D eigenvalue weighted by Crippen LogP contribution is -2.53. The van der Waals surface area contributed by atoms with Crippen LogP contribution < -0.4 is 20.7 Å². The number of nitrogens with two attached hydrogens (primary N) is 1. The number of nitrogens with one attached hydrogen (secondary N) is 2. The smallest absolute Gasteiger partial charge is 0.326 e. The van der Waals surface area contributed by atoms with E-state index < -0.39 is 6.10 Å². The summed E-state index contributed by atoms with van der Waals surface area (Å²) in [6, 6.07) is 3.23. The van der Waals surface area contributed by atoms with Crippen molar-refractivity contribution < 1.29 is 14.2 Å². The largest absolute Gasteiger partial charge is 0.421 e. The van der Waals surface area contributed by atoms with Crippen molar-refractivity contribution in [2.45, 2.75) is 32.4 Å². The summed E-state index contributed by atoms with van der Waals surface area (Å²) in [7, 11) is 1.75. The first-order valence-electron chi connectivity index (χ1n) is 11.6. The van der Waals surface area contributed by atoms with Gasteiger partial charge in [0.1, 0.15) is 23.4 Å². The molecule has 10 nitrogen and oxygen atoms in total. The first kappa shape index (κ1) is 21.9. The lowest BCUT2D eigenvalue weighted by atomic mass is 9.60. The second-order valence-corrected chi connectivity index (χ2v) is 9.87. The van der Waals surface area contributed by atoms with Crippen LogP contribution >= 0.6 is 0 Å². The standard InChI is InChI=1S/C24H27FN8O2/c1-11(34)20-28-7-13(8-29-20)35-23-31-21-18(14-4-12(25)5-17(27-3)19(14)30-21)22(32-23)33-9-15-16(26)6-24(15,2)10-33/h4-5,7-8,11,15-16,27,34H,6,9-10,26H2,1-3H3,(H,30,31,32). The number of H-pyrrole nitrogens is 1. The number of benzene rings is 1. The van der Waals surface area contributed by atoms with E-state index in [1.165, 1.54) is 24.5 Å². The topological polar surface area (TPSA) is 138 Å². The number of halogens is 1. The van der Waals surface area contributed by atoms with Crippen molar-refractivity contribution in [3.05, 3.63) is 36.2 Å². The number of rotatable bonds is 5. The van der Waals surface area contributed by atoms with E-state index in [0.29, 0.717) is 40.0 Å². The van der Waals surface area contributed by atoms with Gasteiger partial charge in [0.2, 0.25) is 0 Å². The Bertz CT molecular complexity index is 1440. The maximum atomic E-state index is 14.5. The molecule has 35 heavy (non-hydrogen) atoms. The molecule has 4 aromatic rings. The molecule has 182 valence electrons. The molecule has 4 unspecified atom stereocenters. The van der Waals surface area contributed by atoms with Crippen LogP contribution in [0.1, 0.15) is 32.2 Å². The quantitative estimate of drug-likeness (QED) is 0.341. The average molecular weight is 479 g/mol. The van der Waals surface area contributed by atoms with Gasteiger partial charge >= 0.3 is 6.01 Å². The minimum absolute atomic E-state index is 0.118. The third kappa shape index (κ3) is 3.45. The number of aliphatic hydroxyl groups is 1. The van der Waals surface area contributed by atoms with Gasteiger partial charge in [-0.1, -0.05) is 6.92 Å². The molecule has 1 saturated heterocycles. The van der Waals surface area contributed by atoms with Crippen LogP contribution in [-0.4, -0.2) is 56.2 Å². The Morgan fingerprint density at radius 2 is 2.09 bits per heavy atom. The second-order valence-electron chi connectivity index (χ2n) is 9.87. The molecule has 1 saturated carbocycles. The highest BCUT2D eigenvalue weighted by Crippen LogP contribution is 2.52. The van der Waals surface area contributed by atoms with Crippen LogP contribution in [0, 0.1) is 17.2 Å². The monoisotopic (exact) mass is 478 g/mol. The summed E-state index contributed by atoms with van der Waals surface area (Å²) in [5.41, 5.74) is 8.35. The number of ether oxygens (including phenoxy) is 1. The van der Waals surface area contributed by atoms with Gasteiger partial charge in [-0.3, -0.25) is 0 Å². The van der Waals surface area contributed by atoms with E-state index in [2.05, 4.69) is 37.1 Å². The molecule has 2 aliphatic rings. The SMILES string of the molecule is CNc1cc(F)cc2c1[nH]c1nc(Oc3cnc(C(C)O)nc3)nc(N3CC4C(N)CC4(C)C3)c12. The number of anilines is 2. The minimum Gasteiger partial charge on any atom is -0.421 e. The summed E-state index contributed by atoms with van der Waals surface area (Å²) in [6.07, 6.45) is 3.12. The zero-order valence-corrected chi connectivity index (χ0v) is 19.7. The number of hydrogen-bond acceptors (Lipinski definition) is 9. The zero-order valence-electron chi connectivity index (χ0n) is 19.7. The fourth-order valence-corrected chi connectivity index (χ4v) is 5.62. The molecule has 0 bridgehead atoms. The van der Waals surface area contributed by atoms with Crippen molar-refractivity contribution in [2.75, 3.05) is 30.4 Å². The molecule has 2 fully saturated rings. The van der Waals surface area contributed by atoms with E-state index >= 15 is 0 Å².